The molecule has 0 aromatic rings. The molecule has 0 aromatic carbocycles. The molecule has 0 fully saturated rings. The van der Waals surface area contributed by atoms with Crippen LogP contribution in [0.15, 0.2) is 0 Å². The molecule has 34 valence electrons. The van der Waals surface area contributed by atoms with Crippen LogP contribution in [0.4, 0.5) is 0 Å². The van der Waals surface area contributed by atoms with Gasteiger partial charge in [0, 0.05) is 0 Å². The number of hydrogen-bond acceptors (Lipinski definition) is 2. The normalized spacial score (nSPS) is 13.0. The maximum atomic E-state index is 6.47. The Balaban J connectivity index is 2.81. The van der Waals surface area contributed by atoms with Gasteiger partial charge in [-0.25, -0.2) is 0 Å². The van der Waals surface area contributed by atoms with Crippen molar-refractivity contribution in [1.29, 1.82) is 5.41 Å². The topological polar surface area (TPSA) is 49.9 Å². The van der Waals surface area contributed by atoms with Gasteiger partial charge in [0.05, 0.1) is 0 Å². The summed E-state index contributed by atoms with van der Waals surface area (Å²) in [6.07, 6.45) is 2.81. The van der Waals surface area contributed by atoms with Crippen LogP contribution >= 0.6 is 0 Å². The Bertz CT molecular complexity index is 40.8. The molecule has 0 bridgehead atoms. The highest BCUT2D eigenvalue weighted by Gasteiger charge is 1.96. The van der Waals surface area contributed by atoms with Crippen molar-refractivity contribution < 1.29 is 0 Å². The zero-order chi connectivity index (χ0) is 4.99. The van der Waals surface area contributed by atoms with Gasteiger partial charge in [0.25, 0.3) is 0 Å². The van der Waals surface area contributed by atoms with E-state index >= 15 is 0 Å². The summed E-state index contributed by atoms with van der Waals surface area (Å²) < 4.78 is 0. The smallest absolute Gasteiger partial charge is 0.178 e. The molecule has 1 unspecified atom stereocenters. The molecule has 0 aliphatic heterocycles. The molecule has 0 saturated heterocycles. The molecule has 0 saturated carbocycles. The second kappa shape index (κ2) is 2.72. The Kier molecular flexibility index (Phi) is 2.50. The third-order valence-electron chi connectivity index (χ3n) is 0.400. The molecular formula is C4H9N2+. The van der Waals surface area contributed by atoms with Crippen LogP contribution in [0.3, 0.4) is 0 Å². The highest BCUT2D eigenvalue weighted by atomic mass is 14.6. The van der Waals surface area contributed by atoms with E-state index in [9.17, 15) is 0 Å². The van der Waals surface area contributed by atoms with Crippen molar-refractivity contribution in [3.63, 3.8) is 0 Å². The van der Waals surface area contributed by atoms with Crippen LogP contribution in [-0.2, 0) is 0 Å². The zero-order valence-electron chi connectivity index (χ0n) is 3.81. The fourth-order valence-corrected chi connectivity index (χ4v) is 0.152. The largest absolute Gasteiger partial charge is 0.290 e. The quantitative estimate of drug-likeness (QED) is 0.365. The Morgan fingerprint density at radius 1 is 2.00 bits per heavy atom. The second-order valence-electron chi connectivity index (χ2n) is 1.22. The van der Waals surface area contributed by atoms with Gasteiger partial charge in [0.15, 0.2) is 6.21 Å². The molecule has 0 radical (unpaired) electrons. The third kappa shape index (κ3) is 3.50. The Morgan fingerprint density at radius 2 is 2.50 bits per heavy atom. The maximum Gasteiger partial charge on any atom is 0.178 e. The minimum absolute atomic E-state index is 0.0301. The Morgan fingerprint density at radius 3 is 2.50 bits per heavy atom. The lowest BCUT2D eigenvalue weighted by Gasteiger charge is -1.81. The van der Waals surface area contributed by atoms with Crippen molar-refractivity contribution in [2.24, 2.45) is 5.73 Å². The summed E-state index contributed by atoms with van der Waals surface area (Å²) in [5.74, 6) is 0. The molecule has 3 N–H and O–H groups in total. The lowest BCUT2D eigenvalue weighted by molar-refractivity contribution is 0.895. The summed E-state index contributed by atoms with van der Waals surface area (Å²) in [5.41, 5.74) is 5.20. The predicted molar refractivity (Wildman–Crippen MR) is 26.7 cm³/mol. The van der Waals surface area contributed by atoms with E-state index in [1.165, 1.54) is 6.21 Å². The average Bonchev–Trinajstić information content (AvgIpc) is 1.35. The number of nitrogens with one attached hydrogen (secondary N) is 1. The number of hydrogen-bond donors (Lipinski definition) is 2. The van der Waals surface area contributed by atoms with Crippen molar-refractivity contribution in [2.45, 2.75) is 13.0 Å². The summed E-state index contributed by atoms with van der Waals surface area (Å²) in [7, 11) is 0. The average molecular weight is 85.1 g/mol. The van der Waals surface area contributed by atoms with Crippen LogP contribution in [0, 0.1) is 11.8 Å². The van der Waals surface area contributed by atoms with E-state index in [4.69, 9.17) is 11.1 Å². The monoisotopic (exact) mass is 85.1 g/mol. The summed E-state index contributed by atoms with van der Waals surface area (Å²) >= 11 is 0. The molecule has 0 aliphatic rings. The summed E-state index contributed by atoms with van der Waals surface area (Å²) in [4.78, 5) is 0. The molecule has 2 heteroatoms. The van der Waals surface area contributed by atoms with E-state index in [2.05, 4.69) is 0 Å². The number of nitrogens with two attached hydrogens (primary N) is 1. The Hall–Kier alpha value is -0.500. The summed E-state index contributed by atoms with van der Waals surface area (Å²) in [5, 5.41) is 6.47. The Labute approximate surface area is 37.9 Å². The second-order valence-corrected chi connectivity index (χ2v) is 1.22. The van der Waals surface area contributed by atoms with Gasteiger partial charge in [-0.3, -0.25) is 11.1 Å². The van der Waals surface area contributed by atoms with Gasteiger partial charge in [-0.05, 0) is 6.92 Å². The molecule has 0 aliphatic carbocycles. The van der Waals surface area contributed by atoms with Gasteiger partial charge in [-0.2, -0.15) is 0 Å². The summed E-state index contributed by atoms with van der Waals surface area (Å²) in [6.45, 7) is 1.82. The van der Waals surface area contributed by atoms with E-state index in [1.807, 2.05) is 6.92 Å². The van der Waals surface area contributed by atoms with Gasteiger partial charge >= 0.3 is 0 Å². The van der Waals surface area contributed by atoms with Crippen molar-refractivity contribution in [1.82, 2.24) is 0 Å². The van der Waals surface area contributed by atoms with Gasteiger partial charge in [0.2, 0.25) is 0 Å². The van der Waals surface area contributed by atoms with E-state index in [0.717, 1.165) is 0 Å². The molecule has 0 aromatic heterocycles. The SMILES string of the molecule is CC(N)[CH+]C=N. The fourth-order valence-electron chi connectivity index (χ4n) is 0.152. The van der Waals surface area contributed by atoms with Crippen LogP contribution in [0.2, 0.25) is 0 Å². The van der Waals surface area contributed by atoms with E-state index < -0.39 is 0 Å². The van der Waals surface area contributed by atoms with Crippen molar-refractivity contribution in [3.05, 3.63) is 6.42 Å². The lowest BCUT2D eigenvalue weighted by Crippen LogP contribution is -2.15. The van der Waals surface area contributed by atoms with Crippen LogP contribution in [0.1, 0.15) is 6.92 Å². The molecule has 0 amide bonds. The van der Waals surface area contributed by atoms with E-state index in [1.54, 1.807) is 6.42 Å². The molecule has 2 nitrogen and oxygen atoms in total. The first-order chi connectivity index (χ1) is 2.77. The van der Waals surface area contributed by atoms with Gasteiger partial charge < -0.3 is 0 Å². The standard InChI is InChI=1S/C4H9N2/c1-4(6)2-3-5/h2-5H,6H2,1H3/q+1. The molecule has 1 atom stereocenters. The zero-order valence-corrected chi connectivity index (χ0v) is 3.81. The van der Waals surface area contributed by atoms with Crippen LogP contribution in [-0.4, -0.2) is 12.3 Å². The van der Waals surface area contributed by atoms with Gasteiger partial charge in [-0.15, -0.1) is 0 Å². The lowest BCUT2D eigenvalue weighted by atomic mass is 10.3. The van der Waals surface area contributed by atoms with E-state index in [-0.39, 0.29) is 6.04 Å². The first kappa shape index (κ1) is 5.50. The van der Waals surface area contributed by atoms with Crippen LogP contribution in [0.25, 0.3) is 0 Å². The van der Waals surface area contributed by atoms with Crippen molar-refractivity contribution >= 4 is 6.21 Å². The molecule has 0 spiro atoms. The van der Waals surface area contributed by atoms with Gasteiger partial charge in [-0.1, -0.05) is 0 Å². The van der Waals surface area contributed by atoms with E-state index in [0.29, 0.717) is 0 Å². The molecule has 0 rings (SSSR count). The van der Waals surface area contributed by atoms with Crippen molar-refractivity contribution in [2.75, 3.05) is 0 Å². The highest BCUT2D eigenvalue weighted by molar-refractivity contribution is 5.65. The molecule has 0 heterocycles. The summed E-state index contributed by atoms with van der Waals surface area (Å²) in [6, 6.07) is 0.0301. The van der Waals surface area contributed by atoms with Gasteiger partial charge in [0.1, 0.15) is 12.5 Å². The fraction of sp³-hybridized carbons (Fsp3) is 0.500. The predicted octanol–water partition coefficient (Wildman–Crippen LogP) is 0.187. The van der Waals surface area contributed by atoms with Crippen LogP contribution in [0.5, 0.6) is 0 Å². The molecule has 6 heavy (non-hydrogen) atoms. The first-order valence-electron chi connectivity index (χ1n) is 1.87. The van der Waals surface area contributed by atoms with Crippen molar-refractivity contribution in [3.8, 4) is 0 Å². The third-order valence-corrected chi connectivity index (χ3v) is 0.400. The first-order valence-corrected chi connectivity index (χ1v) is 1.87. The molecular weight excluding hydrogens is 76.1 g/mol. The highest BCUT2D eigenvalue weighted by Crippen LogP contribution is 1.73. The maximum absolute atomic E-state index is 6.47. The minimum atomic E-state index is 0.0301. The number of rotatable bonds is 2. The minimum Gasteiger partial charge on any atom is -0.290 e. The van der Waals surface area contributed by atoms with Crippen LogP contribution < -0.4 is 5.73 Å².